The van der Waals surface area contributed by atoms with Gasteiger partial charge in [0.1, 0.15) is 12.4 Å². The van der Waals surface area contributed by atoms with Gasteiger partial charge in [0.15, 0.2) is 0 Å². The fraction of sp³-hybridized carbons (Fsp3) is 0.368. The van der Waals surface area contributed by atoms with Gasteiger partial charge in [-0.3, -0.25) is 0 Å². The Morgan fingerprint density at radius 1 is 1.31 bits per heavy atom. The first kappa shape index (κ1) is 19.8. The van der Waals surface area contributed by atoms with Gasteiger partial charge in [-0.1, -0.05) is 6.07 Å². The molecule has 6 nitrogen and oxygen atoms in total. The summed E-state index contributed by atoms with van der Waals surface area (Å²) >= 11 is 1.54. The van der Waals surface area contributed by atoms with Gasteiger partial charge in [-0.25, -0.2) is 9.79 Å². The number of carbonyl (C=O) groups excluding carboxylic acids is 1. The lowest BCUT2D eigenvalue weighted by Crippen LogP contribution is -2.40. The van der Waals surface area contributed by atoms with Crippen molar-refractivity contribution in [2.24, 2.45) is 10.7 Å². The summed E-state index contributed by atoms with van der Waals surface area (Å²) in [6.07, 6.45) is -0.450. The molecule has 0 aliphatic heterocycles. The first-order valence-electron chi connectivity index (χ1n) is 8.29. The molecule has 0 radical (unpaired) electrons. The van der Waals surface area contributed by atoms with E-state index in [-0.39, 0.29) is 12.1 Å². The number of thiophene rings is 1. The van der Waals surface area contributed by atoms with Gasteiger partial charge in [0.2, 0.25) is 0 Å². The molecule has 0 unspecified atom stereocenters. The molecule has 0 saturated heterocycles. The van der Waals surface area contributed by atoms with Crippen LogP contribution in [-0.4, -0.2) is 31.6 Å². The minimum Gasteiger partial charge on any atom is -0.445 e. The summed E-state index contributed by atoms with van der Waals surface area (Å²) in [5.74, 6) is 0.468. The molecule has 1 heterocycles. The molecule has 1 aromatic heterocycles. The number of nitrogens with two attached hydrogens (primary N) is 1. The van der Waals surface area contributed by atoms with Crippen molar-refractivity contribution >= 4 is 34.6 Å². The summed E-state index contributed by atoms with van der Waals surface area (Å²) in [6.45, 7) is 5.87. The van der Waals surface area contributed by atoms with Crippen LogP contribution in [0.5, 0.6) is 0 Å². The van der Waals surface area contributed by atoms with Crippen LogP contribution in [0.2, 0.25) is 0 Å². The normalized spacial score (nSPS) is 12.0. The molecule has 0 atom stereocenters. The Kier molecular flexibility index (Phi) is 6.26. The number of ether oxygens (including phenoxy) is 1. The molecule has 0 saturated carbocycles. The highest BCUT2D eigenvalue weighted by molar-refractivity contribution is 7.12. The maximum absolute atomic E-state index is 11.9. The summed E-state index contributed by atoms with van der Waals surface area (Å²) in [7, 11) is 3.88. The number of amidine groups is 1. The maximum Gasteiger partial charge on any atom is 0.407 e. The summed E-state index contributed by atoms with van der Waals surface area (Å²) < 4.78 is 5.37. The number of rotatable bonds is 5. The number of alkyl carbamates (subject to hydrolysis) is 1. The van der Waals surface area contributed by atoms with Gasteiger partial charge in [-0.2, -0.15) is 0 Å². The van der Waals surface area contributed by atoms with Crippen molar-refractivity contribution in [3.63, 3.8) is 0 Å². The lowest BCUT2D eigenvalue weighted by atomic mass is 10.1. The molecule has 140 valence electrons. The average molecular weight is 375 g/mol. The van der Waals surface area contributed by atoms with Crippen LogP contribution in [0.25, 0.3) is 0 Å². The predicted molar refractivity (Wildman–Crippen MR) is 109 cm³/mol. The van der Waals surface area contributed by atoms with Gasteiger partial charge >= 0.3 is 6.09 Å². The Labute approximate surface area is 158 Å². The standard InChI is InChI=1S/C19H26N4O2S/c1-19(2,3)22-18(24)25-12-13-11-14(8-9-15(13)23(4)5)21-17(20)16-7-6-10-26-16/h6-11H,12H2,1-5H3,(H2,20,21)(H,22,24). The quantitative estimate of drug-likeness (QED) is 0.615. The van der Waals surface area contributed by atoms with E-state index in [2.05, 4.69) is 10.3 Å². The van der Waals surface area contributed by atoms with E-state index < -0.39 is 6.09 Å². The number of amides is 1. The molecular weight excluding hydrogens is 348 g/mol. The second kappa shape index (κ2) is 8.23. The molecule has 0 spiro atoms. The van der Waals surface area contributed by atoms with Gasteiger partial charge in [0.05, 0.1) is 10.6 Å². The highest BCUT2D eigenvalue weighted by Crippen LogP contribution is 2.26. The number of hydrogen-bond donors (Lipinski definition) is 2. The zero-order valence-electron chi connectivity index (χ0n) is 15.9. The number of nitrogens with zero attached hydrogens (tertiary/aromatic N) is 2. The third-order valence-electron chi connectivity index (χ3n) is 3.40. The van der Waals surface area contributed by atoms with Crippen LogP contribution in [0, 0.1) is 0 Å². The summed E-state index contributed by atoms with van der Waals surface area (Å²) in [5.41, 5.74) is 8.26. The zero-order valence-corrected chi connectivity index (χ0v) is 16.7. The van der Waals surface area contributed by atoms with Gasteiger partial charge < -0.3 is 20.7 Å². The van der Waals surface area contributed by atoms with E-state index in [1.54, 1.807) is 11.3 Å². The van der Waals surface area contributed by atoms with Crippen LogP contribution in [0.1, 0.15) is 31.2 Å². The molecule has 0 fully saturated rings. The summed E-state index contributed by atoms with van der Waals surface area (Å²) in [5, 5.41) is 4.74. The number of benzene rings is 1. The zero-order chi connectivity index (χ0) is 19.3. The number of nitrogens with one attached hydrogen (secondary N) is 1. The lowest BCUT2D eigenvalue weighted by Gasteiger charge is -2.21. The molecule has 3 N–H and O–H groups in total. The maximum atomic E-state index is 11.9. The third-order valence-corrected chi connectivity index (χ3v) is 4.30. The van der Waals surface area contributed by atoms with E-state index in [1.165, 1.54) is 0 Å². The summed E-state index contributed by atoms with van der Waals surface area (Å²) in [6, 6.07) is 9.60. The van der Waals surface area contributed by atoms with Crippen LogP contribution in [0.3, 0.4) is 0 Å². The molecule has 0 bridgehead atoms. The van der Waals surface area contributed by atoms with Crippen LogP contribution in [0.4, 0.5) is 16.2 Å². The van der Waals surface area contributed by atoms with Crippen LogP contribution in [-0.2, 0) is 11.3 Å². The minimum absolute atomic E-state index is 0.150. The molecule has 0 aliphatic carbocycles. The number of aliphatic imine (C=N–C) groups is 1. The molecule has 2 rings (SSSR count). The van der Waals surface area contributed by atoms with E-state index in [0.29, 0.717) is 5.84 Å². The van der Waals surface area contributed by atoms with Crippen LogP contribution in [0.15, 0.2) is 40.7 Å². The SMILES string of the molecule is CN(C)c1ccc(N=C(N)c2cccs2)cc1COC(=O)NC(C)(C)C. The van der Waals surface area contributed by atoms with E-state index in [4.69, 9.17) is 10.5 Å². The highest BCUT2D eigenvalue weighted by Gasteiger charge is 2.16. The molecule has 1 aromatic carbocycles. The average Bonchev–Trinajstić information content (AvgIpc) is 3.05. The van der Waals surface area contributed by atoms with Crippen LogP contribution >= 0.6 is 11.3 Å². The van der Waals surface area contributed by atoms with E-state index in [0.717, 1.165) is 21.8 Å². The van der Waals surface area contributed by atoms with Gasteiger partial charge in [-0.05, 0) is 50.4 Å². The van der Waals surface area contributed by atoms with Crippen molar-refractivity contribution in [2.45, 2.75) is 32.9 Å². The topological polar surface area (TPSA) is 79.9 Å². The number of hydrogen-bond acceptors (Lipinski definition) is 5. The lowest BCUT2D eigenvalue weighted by molar-refractivity contribution is 0.131. The Balaban J connectivity index is 2.20. The van der Waals surface area contributed by atoms with Crippen molar-refractivity contribution in [2.75, 3.05) is 19.0 Å². The van der Waals surface area contributed by atoms with Gasteiger partial charge in [-0.15, -0.1) is 11.3 Å². The Morgan fingerprint density at radius 2 is 2.04 bits per heavy atom. The first-order chi connectivity index (χ1) is 12.2. The first-order valence-corrected chi connectivity index (χ1v) is 9.17. The molecule has 1 amide bonds. The van der Waals surface area contributed by atoms with Crippen LogP contribution < -0.4 is 16.0 Å². The van der Waals surface area contributed by atoms with E-state index >= 15 is 0 Å². The Morgan fingerprint density at radius 3 is 2.62 bits per heavy atom. The Bertz CT molecular complexity index is 777. The second-order valence-electron chi connectivity index (χ2n) is 7.13. The molecular formula is C19H26N4O2S. The monoisotopic (exact) mass is 374 g/mol. The number of carbonyl (C=O) groups is 1. The van der Waals surface area contributed by atoms with E-state index in [9.17, 15) is 4.79 Å². The van der Waals surface area contributed by atoms with Gasteiger partial charge in [0.25, 0.3) is 0 Å². The predicted octanol–water partition coefficient (Wildman–Crippen LogP) is 3.88. The summed E-state index contributed by atoms with van der Waals surface area (Å²) in [4.78, 5) is 19.3. The van der Waals surface area contributed by atoms with Crippen molar-refractivity contribution in [3.8, 4) is 0 Å². The fourth-order valence-electron chi connectivity index (χ4n) is 2.30. The largest absolute Gasteiger partial charge is 0.445 e. The van der Waals surface area contributed by atoms with Gasteiger partial charge in [0, 0.05) is 30.9 Å². The third kappa shape index (κ3) is 5.77. The number of anilines is 1. The highest BCUT2D eigenvalue weighted by atomic mass is 32.1. The van der Waals surface area contributed by atoms with Crippen molar-refractivity contribution in [1.29, 1.82) is 0 Å². The van der Waals surface area contributed by atoms with Crippen molar-refractivity contribution < 1.29 is 9.53 Å². The van der Waals surface area contributed by atoms with Crippen molar-refractivity contribution in [1.82, 2.24) is 5.32 Å². The van der Waals surface area contributed by atoms with E-state index in [1.807, 2.05) is 75.5 Å². The van der Waals surface area contributed by atoms with Crippen molar-refractivity contribution in [3.05, 3.63) is 46.2 Å². The minimum atomic E-state index is -0.450. The molecule has 2 aromatic rings. The molecule has 0 aliphatic rings. The fourth-order valence-corrected chi connectivity index (χ4v) is 2.92. The second-order valence-corrected chi connectivity index (χ2v) is 8.08. The Hall–Kier alpha value is -2.54. The smallest absolute Gasteiger partial charge is 0.407 e. The molecule has 26 heavy (non-hydrogen) atoms. The molecule has 7 heteroatoms.